The second-order valence-electron chi connectivity index (χ2n) is 17.3. The molecule has 6 amide bonds. The van der Waals surface area contributed by atoms with Crippen LogP contribution >= 0.6 is 0 Å². The summed E-state index contributed by atoms with van der Waals surface area (Å²) in [6, 6.07) is 29.0. The minimum absolute atomic E-state index is 0.00643. The van der Waals surface area contributed by atoms with Gasteiger partial charge in [-0.3, -0.25) is 24.0 Å². The molecule has 0 spiro atoms. The Hall–Kier alpha value is -7.69. The minimum Gasteiger partial charge on any atom is -0.461 e. The summed E-state index contributed by atoms with van der Waals surface area (Å²) in [5.74, 6) is -4.06. The average molecular weight is 932 g/mol. The van der Waals surface area contributed by atoms with Crippen LogP contribution < -0.4 is 27.0 Å². The Kier molecular flexibility index (Phi) is 19.1. The molecule has 0 bridgehead atoms. The van der Waals surface area contributed by atoms with E-state index in [4.69, 9.17) is 19.9 Å². The van der Waals surface area contributed by atoms with Crippen LogP contribution in [0.4, 0.5) is 9.59 Å². The summed E-state index contributed by atoms with van der Waals surface area (Å²) in [5, 5.41) is 11.6. The van der Waals surface area contributed by atoms with E-state index in [1.165, 1.54) is 7.05 Å². The fourth-order valence-corrected chi connectivity index (χ4v) is 7.26. The van der Waals surface area contributed by atoms with Crippen LogP contribution in [0.2, 0.25) is 0 Å². The van der Waals surface area contributed by atoms with Gasteiger partial charge < -0.3 is 51.1 Å². The summed E-state index contributed by atoms with van der Waals surface area (Å²) in [5.41, 5.74) is 8.63. The molecule has 0 unspecified atom stereocenters. The number of hydrogen-bond acceptors (Lipinski definition) is 10. The molecular formula is C51H61N7O10. The number of rotatable bonds is 23. The van der Waals surface area contributed by atoms with Gasteiger partial charge in [-0.1, -0.05) is 109 Å². The zero-order valence-corrected chi connectivity index (χ0v) is 38.8. The minimum atomic E-state index is -1.59. The predicted molar refractivity (Wildman–Crippen MR) is 254 cm³/mol. The molecule has 17 nitrogen and oxygen atoms in total. The smallest absolute Gasteiger partial charge is 0.408 e. The number of unbranched alkanes of at least 4 members (excludes halogenated alkanes) is 1. The molecule has 5 rings (SSSR count). The molecule has 0 radical (unpaired) electrons. The summed E-state index contributed by atoms with van der Waals surface area (Å²) < 4.78 is 16.3. The molecule has 7 N–H and O–H groups in total. The van der Waals surface area contributed by atoms with Gasteiger partial charge in [-0.05, 0) is 68.4 Å². The molecule has 5 aromatic rings. The van der Waals surface area contributed by atoms with Crippen LogP contribution in [0.1, 0.15) is 68.7 Å². The lowest BCUT2D eigenvalue weighted by Gasteiger charge is -2.31. The number of nitrogens with one attached hydrogen (secondary N) is 5. The Morgan fingerprint density at radius 3 is 1.82 bits per heavy atom. The normalized spacial score (nSPS) is 12.9. The Bertz CT molecular complexity index is 2460. The molecule has 0 fully saturated rings. The van der Waals surface area contributed by atoms with Crippen LogP contribution in [0, 0.1) is 0 Å². The number of aromatic amines is 1. The van der Waals surface area contributed by atoms with Crippen molar-refractivity contribution in [3.05, 3.63) is 144 Å². The highest BCUT2D eigenvalue weighted by molar-refractivity contribution is 5.97. The van der Waals surface area contributed by atoms with Gasteiger partial charge in [-0.25, -0.2) is 9.59 Å². The van der Waals surface area contributed by atoms with Crippen LogP contribution in [0.25, 0.3) is 10.9 Å². The zero-order chi connectivity index (χ0) is 49.1. The van der Waals surface area contributed by atoms with Gasteiger partial charge in [0.05, 0.1) is 6.42 Å². The first-order chi connectivity index (χ1) is 32.6. The van der Waals surface area contributed by atoms with Crippen molar-refractivity contribution in [3.63, 3.8) is 0 Å². The molecule has 0 aliphatic rings. The summed E-state index contributed by atoms with van der Waals surface area (Å²) >= 11 is 0. The molecule has 17 heteroatoms. The van der Waals surface area contributed by atoms with Crippen LogP contribution in [0.5, 0.6) is 0 Å². The van der Waals surface area contributed by atoms with E-state index < -0.39 is 78.0 Å². The van der Waals surface area contributed by atoms with Crippen LogP contribution in [0.3, 0.4) is 0 Å². The number of amides is 6. The number of likely N-dealkylation sites (N-methyl/N-ethyl adjacent to an activating group) is 1. The van der Waals surface area contributed by atoms with Gasteiger partial charge in [-0.15, -0.1) is 0 Å². The molecule has 0 aliphatic carbocycles. The van der Waals surface area contributed by atoms with Crippen molar-refractivity contribution in [1.29, 1.82) is 0 Å². The standard InChI is InChI=1S/C51H61N7O10/c1-51(2,3)68-50(65)57-41(29-37-31-54-39-25-15-14-24-38(37)39)47(62)55-40(26-16-17-27-53-49(64)67-33-36-22-12-7-13-23-36)46(61)56-42(30-44(59)66-32-35-20-10-6-11-21-35)48(63)58(4)43(45(52)60)28-34-18-8-5-9-19-34/h5-15,18-25,31,40-43,54H,16-17,26-30,32-33H2,1-4H3,(H2,52,60)(H,53,64)(H,55,62)(H,56,61)(H,57,65)/t40-,41+,42+,43-/m0/s1. The van der Waals surface area contributed by atoms with Crippen molar-refractivity contribution in [3.8, 4) is 0 Å². The highest BCUT2D eigenvalue weighted by Crippen LogP contribution is 2.20. The maximum atomic E-state index is 14.5. The molecule has 360 valence electrons. The van der Waals surface area contributed by atoms with E-state index in [0.717, 1.165) is 21.4 Å². The Labute approximate surface area is 395 Å². The number of alkyl carbamates (subject to hydrolysis) is 2. The first kappa shape index (κ1) is 51.3. The molecule has 4 aromatic carbocycles. The van der Waals surface area contributed by atoms with Crippen LogP contribution in [-0.2, 0) is 64.2 Å². The Morgan fingerprint density at radius 1 is 0.647 bits per heavy atom. The second kappa shape index (κ2) is 25.3. The van der Waals surface area contributed by atoms with E-state index in [1.807, 2.05) is 54.6 Å². The summed E-state index contributed by atoms with van der Waals surface area (Å²) in [7, 11) is 1.35. The maximum absolute atomic E-state index is 14.5. The molecule has 1 aromatic heterocycles. The number of carbonyl (C=O) groups excluding carboxylic acids is 7. The number of H-pyrrole nitrogens is 1. The highest BCUT2D eigenvalue weighted by Gasteiger charge is 2.36. The van der Waals surface area contributed by atoms with Crippen molar-refractivity contribution < 1.29 is 47.8 Å². The van der Waals surface area contributed by atoms with Gasteiger partial charge in [0, 0.05) is 43.5 Å². The molecule has 0 aliphatic heterocycles. The van der Waals surface area contributed by atoms with Crippen molar-refractivity contribution in [2.75, 3.05) is 13.6 Å². The Balaban J connectivity index is 1.38. The predicted octanol–water partition coefficient (Wildman–Crippen LogP) is 5.36. The van der Waals surface area contributed by atoms with Crippen LogP contribution in [0.15, 0.2) is 121 Å². The number of hydrogen-bond donors (Lipinski definition) is 6. The fraction of sp³-hybridized carbons (Fsp3) is 0.353. The topological polar surface area (TPSA) is 240 Å². The highest BCUT2D eigenvalue weighted by atomic mass is 16.6. The van der Waals surface area contributed by atoms with E-state index in [1.54, 1.807) is 87.6 Å². The largest absolute Gasteiger partial charge is 0.461 e. The van der Waals surface area contributed by atoms with E-state index in [-0.39, 0.29) is 45.4 Å². The number of nitrogens with zero attached hydrogens (tertiary/aromatic N) is 1. The summed E-state index contributed by atoms with van der Waals surface area (Å²) in [4.78, 5) is 99.6. The van der Waals surface area contributed by atoms with Gasteiger partial charge in [0.1, 0.15) is 43.0 Å². The number of nitrogens with two attached hydrogens (primary N) is 1. The second-order valence-corrected chi connectivity index (χ2v) is 17.3. The first-order valence-electron chi connectivity index (χ1n) is 22.5. The van der Waals surface area contributed by atoms with Crippen molar-refractivity contribution in [2.45, 2.75) is 102 Å². The number of carbonyl (C=O) groups is 7. The van der Waals surface area contributed by atoms with Gasteiger partial charge in [0.2, 0.25) is 23.6 Å². The molecule has 68 heavy (non-hydrogen) atoms. The molecular weight excluding hydrogens is 871 g/mol. The molecule has 0 saturated carbocycles. The Morgan fingerprint density at radius 2 is 1.21 bits per heavy atom. The van der Waals surface area contributed by atoms with E-state index in [9.17, 15) is 33.6 Å². The number of fused-ring (bicyclic) bond motifs is 1. The zero-order valence-electron chi connectivity index (χ0n) is 38.8. The first-order valence-corrected chi connectivity index (χ1v) is 22.5. The number of esters is 1. The SMILES string of the molecule is CN(C(=O)[C@@H](CC(=O)OCc1ccccc1)NC(=O)[C@H](CCCCNC(=O)OCc1ccccc1)NC(=O)[C@@H](Cc1c[nH]c2ccccc12)NC(=O)OC(C)(C)C)[C@@H](Cc1ccccc1)C(N)=O. The lowest BCUT2D eigenvalue weighted by molar-refractivity contribution is -0.150. The molecule has 1 heterocycles. The third kappa shape index (κ3) is 16.6. The van der Waals surface area contributed by atoms with Crippen LogP contribution in [-0.4, -0.2) is 95.0 Å². The van der Waals surface area contributed by atoms with Gasteiger partial charge in [0.25, 0.3) is 0 Å². The number of para-hydroxylation sites is 1. The van der Waals surface area contributed by atoms with E-state index in [2.05, 4.69) is 26.3 Å². The van der Waals surface area contributed by atoms with Gasteiger partial charge >= 0.3 is 18.2 Å². The average Bonchev–Trinajstić information content (AvgIpc) is 3.73. The summed E-state index contributed by atoms with van der Waals surface area (Å²) in [6.07, 6.45) is 0.204. The third-order valence-electron chi connectivity index (χ3n) is 10.8. The van der Waals surface area contributed by atoms with Gasteiger partial charge in [-0.2, -0.15) is 0 Å². The number of benzene rings is 4. The van der Waals surface area contributed by atoms with E-state index >= 15 is 0 Å². The summed E-state index contributed by atoms with van der Waals surface area (Å²) in [6.45, 7) is 5.16. The quantitative estimate of drug-likeness (QED) is 0.0279. The lowest BCUT2D eigenvalue weighted by Crippen LogP contribution is -2.59. The van der Waals surface area contributed by atoms with Crippen molar-refractivity contribution >= 4 is 52.7 Å². The number of primary amides is 1. The number of ether oxygens (including phenoxy) is 3. The third-order valence-corrected chi connectivity index (χ3v) is 10.8. The van der Waals surface area contributed by atoms with Crippen molar-refractivity contribution in [2.24, 2.45) is 5.73 Å². The monoisotopic (exact) mass is 931 g/mol. The lowest BCUT2D eigenvalue weighted by atomic mass is 10.0. The fourth-order valence-electron chi connectivity index (χ4n) is 7.26. The molecule has 0 saturated heterocycles. The number of aromatic nitrogens is 1. The van der Waals surface area contributed by atoms with Gasteiger partial charge in [0.15, 0.2) is 0 Å². The van der Waals surface area contributed by atoms with E-state index in [0.29, 0.717) is 23.1 Å². The molecule has 4 atom stereocenters. The maximum Gasteiger partial charge on any atom is 0.408 e. The van der Waals surface area contributed by atoms with Crippen molar-refractivity contribution in [1.82, 2.24) is 31.2 Å².